The van der Waals surface area contributed by atoms with Crippen molar-refractivity contribution in [1.29, 1.82) is 0 Å². The lowest BCUT2D eigenvalue weighted by Gasteiger charge is -2.35. The Kier molecular flexibility index (Phi) is 4.62. The van der Waals surface area contributed by atoms with Gasteiger partial charge in [0.15, 0.2) is 5.54 Å². The first kappa shape index (κ1) is 16.3. The highest BCUT2D eigenvalue weighted by molar-refractivity contribution is 5.90. The number of rotatable bonds is 3. The second kappa shape index (κ2) is 5.68. The first-order valence-electron chi connectivity index (χ1n) is 6.43. The summed E-state index contributed by atoms with van der Waals surface area (Å²) in [6.07, 6.45) is -0.396. The summed E-state index contributed by atoms with van der Waals surface area (Å²) in [5.74, 6) is -1.88. The summed E-state index contributed by atoms with van der Waals surface area (Å²) in [4.78, 5) is 36.4. The second-order valence-electron chi connectivity index (χ2n) is 5.83. The number of carbonyl (C=O) groups is 3. The van der Waals surface area contributed by atoms with E-state index in [9.17, 15) is 14.4 Å². The van der Waals surface area contributed by atoms with Crippen LogP contribution in [0.25, 0.3) is 0 Å². The molecule has 0 radical (unpaired) electrons. The molecule has 0 spiro atoms. The van der Waals surface area contributed by atoms with E-state index in [4.69, 9.17) is 14.6 Å². The second-order valence-corrected chi connectivity index (χ2v) is 5.83. The number of hydrogen-bond donors (Lipinski definition) is 1. The van der Waals surface area contributed by atoms with Gasteiger partial charge in [0.05, 0.1) is 13.5 Å². The van der Waals surface area contributed by atoms with Gasteiger partial charge >= 0.3 is 18.0 Å². The fourth-order valence-corrected chi connectivity index (χ4v) is 2.37. The van der Waals surface area contributed by atoms with Gasteiger partial charge in [0.1, 0.15) is 5.60 Å². The maximum absolute atomic E-state index is 12.2. The van der Waals surface area contributed by atoms with Crippen LogP contribution in [0, 0.1) is 0 Å². The lowest BCUT2D eigenvalue weighted by atomic mass is 9.92. The van der Waals surface area contributed by atoms with Crippen LogP contribution in [0.5, 0.6) is 0 Å². The smallest absolute Gasteiger partial charge is 0.411 e. The summed E-state index contributed by atoms with van der Waals surface area (Å²) in [6, 6.07) is 0. The number of nitrogens with zero attached hydrogens (tertiary/aromatic N) is 1. The van der Waals surface area contributed by atoms with Gasteiger partial charge in [0.25, 0.3) is 0 Å². The highest BCUT2D eigenvalue weighted by Gasteiger charge is 2.53. The van der Waals surface area contributed by atoms with Crippen LogP contribution in [0.2, 0.25) is 0 Å². The molecule has 0 unspecified atom stereocenters. The van der Waals surface area contributed by atoms with Gasteiger partial charge in [-0.25, -0.2) is 9.59 Å². The van der Waals surface area contributed by atoms with Crippen molar-refractivity contribution in [1.82, 2.24) is 4.90 Å². The van der Waals surface area contributed by atoms with Gasteiger partial charge in [-0.15, -0.1) is 0 Å². The molecule has 1 rings (SSSR count). The maximum Gasteiger partial charge on any atom is 0.411 e. The minimum Gasteiger partial charge on any atom is -0.481 e. The van der Waals surface area contributed by atoms with Gasteiger partial charge in [0.2, 0.25) is 0 Å². The number of amides is 1. The Bertz CT molecular complexity index is 414. The zero-order chi connectivity index (χ0) is 15.6. The van der Waals surface area contributed by atoms with Gasteiger partial charge in [-0.05, 0) is 33.6 Å². The predicted octanol–water partition coefficient (Wildman–Crippen LogP) is 1.40. The Morgan fingerprint density at radius 1 is 1.30 bits per heavy atom. The topological polar surface area (TPSA) is 93.1 Å². The van der Waals surface area contributed by atoms with Crippen LogP contribution in [0.15, 0.2) is 0 Å². The van der Waals surface area contributed by atoms with E-state index in [1.807, 2.05) is 0 Å². The number of aliphatic carboxylic acids is 1. The molecule has 1 heterocycles. The van der Waals surface area contributed by atoms with Gasteiger partial charge in [-0.3, -0.25) is 9.69 Å². The summed E-state index contributed by atoms with van der Waals surface area (Å²) in [6.45, 7) is 5.39. The van der Waals surface area contributed by atoms with Crippen molar-refractivity contribution in [3.8, 4) is 0 Å². The third-order valence-corrected chi connectivity index (χ3v) is 3.11. The fraction of sp³-hybridized carbons (Fsp3) is 0.769. The molecule has 1 fully saturated rings. The molecule has 114 valence electrons. The molecule has 0 bridgehead atoms. The average molecular weight is 287 g/mol. The van der Waals surface area contributed by atoms with Gasteiger partial charge in [-0.1, -0.05) is 0 Å². The number of methoxy groups -OCH3 is 1. The van der Waals surface area contributed by atoms with Crippen molar-refractivity contribution in [2.24, 2.45) is 0 Å². The quantitative estimate of drug-likeness (QED) is 0.789. The minimum absolute atomic E-state index is 0.255. The Labute approximate surface area is 117 Å². The highest BCUT2D eigenvalue weighted by Crippen LogP contribution is 2.35. The van der Waals surface area contributed by atoms with Crippen molar-refractivity contribution >= 4 is 18.0 Å². The number of likely N-dealkylation sites (tertiary alicyclic amines) is 1. The number of carbonyl (C=O) groups excluding carboxylic acids is 2. The third kappa shape index (κ3) is 3.40. The standard InChI is InChI=1S/C13H21NO6/c1-12(2,3)20-11(18)14-7-5-6-13(14,8-9(15)16)10(17)19-4/h5-8H2,1-4H3,(H,15,16)/t13-/m0/s1. The van der Waals surface area contributed by atoms with E-state index in [1.165, 1.54) is 12.0 Å². The van der Waals surface area contributed by atoms with Crippen molar-refractivity contribution in [3.05, 3.63) is 0 Å². The molecule has 7 heteroatoms. The first-order valence-corrected chi connectivity index (χ1v) is 6.43. The lowest BCUT2D eigenvalue weighted by Crippen LogP contribution is -2.55. The summed E-state index contributed by atoms with van der Waals surface area (Å²) >= 11 is 0. The summed E-state index contributed by atoms with van der Waals surface area (Å²) < 4.78 is 9.94. The predicted molar refractivity (Wildman–Crippen MR) is 69.2 cm³/mol. The van der Waals surface area contributed by atoms with Crippen LogP contribution in [0.1, 0.15) is 40.0 Å². The normalized spacial score (nSPS) is 22.5. The van der Waals surface area contributed by atoms with Crippen molar-refractivity contribution < 1.29 is 29.0 Å². The Morgan fingerprint density at radius 3 is 2.35 bits per heavy atom. The molecule has 1 amide bonds. The first-order chi connectivity index (χ1) is 9.12. The van der Waals surface area contributed by atoms with E-state index in [0.29, 0.717) is 6.42 Å². The number of esters is 1. The number of ether oxygens (including phenoxy) is 2. The van der Waals surface area contributed by atoms with Gasteiger partial charge in [0, 0.05) is 6.54 Å². The molecule has 7 nitrogen and oxygen atoms in total. The van der Waals surface area contributed by atoms with Crippen LogP contribution in [-0.4, -0.2) is 52.8 Å². The minimum atomic E-state index is -1.47. The van der Waals surface area contributed by atoms with E-state index in [1.54, 1.807) is 20.8 Å². The Balaban J connectivity index is 3.05. The summed E-state index contributed by atoms with van der Waals surface area (Å²) in [7, 11) is 1.18. The molecule has 1 aliphatic heterocycles. The largest absolute Gasteiger partial charge is 0.481 e. The van der Waals surface area contributed by atoms with E-state index in [2.05, 4.69) is 0 Å². The lowest BCUT2D eigenvalue weighted by molar-refractivity contribution is -0.158. The highest BCUT2D eigenvalue weighted by atomic mass is 16.6. The number of hydrogen-bond acceptors (Lipinski definition) is 5. The van der Waals surface area contributed by atoms with Crippen LogP contribution in [0.4, 0.5) is 4.79 Å². The molecule has 0 aromatic carbocycles. The molecular formula is C13H21NO6. The monoisotopic (exact) mass is 287 g/mol. The maximum atomic E-state index is 12.2. The Morgan fingerprint density at radius 2 is 1.90 bits per heavy atom. The Hall–Kier alpha value is -1.79. The van der Waals surface area contributed by atoms with E-state index in [0.717, 1.165) is 0 Å². The third-order valence-electron chi connectivity index (χ3n) is 3.11. The molecule has 0 aromatic rings. The molecule has 0 aromatic heterocycles. The van der Waals surface area contributed by atoms with Crippen molar-refractivity contribution in [2.75, 3.05) is 13.7 Å². The molecule has 1 atom stereocenters. The summed E-state index contributed by atoms with van der Waals surface area (Å²) in [5.41, 5.74) is -2.19. The van der Waals surface area contributed by atoms with Crippen LogP contribution in [-0.2, 0) is 19.1 Å². The fourth-order valence-electron chi connectivity index (χ4n) is 2.37. The molecular weight excluding hydrogens is 266 g/mol. The molecule has 0 saturated carbocycles. The van der Waals surface area contributed by atoms with Crippen molar-refractivity contribution in [2.45, 2.75) is 51.2 Å². The number of carboxylic acid groups (broad SMARTS) is 1. The van der Waals surface area contributed by atoms with Crippen LogP contribution >= 0.6 is 0 Å². The SMILES string of the molecule is COC(=O)[C@@]1(CC(=O)O)CCCN1C(=O)OC(C)(C)C. The molecule has 1 aliphatic rings. The molecule has 0 aliphatic carbocycles. The zero-order valence-electron chi connectivity index (χ0n) is 12.3. The number of carboxylic acids is 1. The van der Waals surface area contributed by atoms with E-state index in [-0.39, 0.29) is 13.0 Å². The summed E-state index contributed by atoms with van der Waals surface area (Å²) in [5, 5.41) is 9.03. The molecule has 1 N–H and O–H groups in total. The van der Waals surface area contributed by atoms with Crippen LogP contribution < -0.4 is 0 Å². The van der Waals surface area contributed by atoms with Crippen molar-refractivity contribution in [3.63, 3.8) is 0 Å². The van der Waals surface area contributed by atoms with E-state index >= 15 is 0 Å². The van der Waals surface area contributed by atoms with E-state index < -0.39 is 35.6 Å². The van der Waals surface area contributed by atoms with Crippen LogP contribution in [0.3, 0.4) is 0 Å². The van der Waals surface area contributed by atoms with Gasteiger partial charge in [-0.2, -0.15) is 0 Å². The molecule has 20 heavy (non-hydrogen) atoms. The molecule has 1 saturated heterocycles. The zero-order valence-corrected chi connectivity index (χ0v) is 12.3. The van der Waals surface area contributed by atoms with Gasteiger partial charge < -0.3 is 14.6 Å². The average Bonchev–Trinajstić information content (AvgIpc) is 2.69.